The highest BCUT2D eigenvalue weighted by atomic mass is 16.5. The van der Waals surface area contributed by atoms with E-state index in [1.54, 1.807) is 19.2 Å². The fraction of sp³-hybridized carbons (Fsp3) is 0.345. The third-order valence-corrected chi connectivity index (χ3v) is 4.89. The monoisotopic (exact) mass is 477 g/mol. The van der Waals surface area contributed by atoms with E-state index in [0.717, 1.165) is 41.2 Å². The first kappa shape index (κ1) is 29.4. The highest BCUT2D eigenvalue weighted by molar-refractivity contribution is 6.11. The first-order valence-electron chi connectivity index (χ1n) is 11.9. The van der Waals surface area contributed by atoms with Gasteiger partial charge in [0.1, 0.15) is 0 Å². The second-order valence-electron chi connectivity index (χ2n) is 8.01. The van der Waals surface area contributed by atoms with E-state index in [-0.39, 0.29) is 11.7 Å². The molecule has 0 fully saturated rings. The summed E-state index contributed by atoms with van der Waals surface area (Å²) in [6.07, 6.45) is 5.79. The number of allylic oxidation sites excluding steroid dienone is 3. The van der Waals surface area contributed by atoms with Crippen molar-refractivity contribution in [3.63, 3.8) is 0 Å². The van der Waals surface area contributed by atoms with Crippen molar-refractivity contribution in [2.45, 2.75) is 53.0 Å². The number of aliphatic imine (C=N–C) groups is 1. The predicted octanol–water partition coefficient (Wildman–Crippen LogP) is 5.42. The number of rotatable bonds is 12. The van der Waals surface area contributed by atoms with Gasteiger partial charge in [-0.25, -0.2) is 0 Å². The molecule has 6 heteroatoms. The lowest BCUT2D eigenvalue weighted by Gasteiger charge is -2.06. The minimum Gasteiger partial charge on any atom is -0.499 e. The first-order valence-corrected chi connectivity index (χ1v) is 11.9. The SMILES string of the molecule is C=C(C)OCC.CCCC(=O)NCc1ccc(C(/C=C\C(=O)CCc2cccc(N)c2)=NC)cc1. The molecule has 0 aliphatic rings. The quantitative estimate of drug-likeness (QED) is 0.185. The lowest BCUT2D eigenvalue weighted by molar-refractivity contribution is -0.121. The number of aryl methyl sites for hydroxylation is 1. The van der Waals surface area contributed by atoms with Crippen molar-refractivity contribution in [3.05, 3.63) is 89.7 Å². The molecular weight excluding hydrogens is 438 g/mol. The first-order chi connectivity index (χ1) is 16.8. The van der Waals surface area contributed by atoms with Gasteiger partial charge in [-0.1, -0.05) is 49.9 Å². The molecule has 0 radical (unpaired) electrons. The van der Waals surface area contributed by atoms with Gasteiger partial charge in [0.25, 0.3) is 0 Å². The molecule has 35 heavy (non-hydrogen) atoms. The summed E-state index contributed by atoms with van der Waals surface area (Å²) in [5.41, 5.74) is 10.2. The number of carbonyl (C=O) groups is 2. The van der Waals surface area contributed by atoms with Crippen LogP contribution in [0.2, 0.25) is 0 Å². The molecule has 0 bridgehead atoms. The van der Waals surface area contributed by atoms with Gasteiger partial charge in [0.15, 0.2) is 5.78 Å². The highest BCUT2D eigenvalue weighted by Crippen LogP contribution is 2.10. The average Bonchev–Trinajstić information content (AvgIpc) is 2.83. The molecule has 0 atom stereocenters. The fourth-order valence-electron chi connectivity index (χ4n) is 3.13. The molecule has 0 aliphatic heterocycles. The molecule has 0 saturated carbocycles. The number of ketones is 1. The molecule has 0 saturated heterocycles. The fourth-order valence-corrected chi connectivity index (χ4v) is 3.13. The predicted molar refractivity (Wildman–Crippen MR) is 145 cm³/mol. The molecule has 0 heterocycles. The Kier molecular flexibility index (Phi) is 14.2. The summed E-state index contributed by atoms with van der Waals surface area (Å²) in [5, 5.41) is 2.90. The molecule has 2 aromatic carbocycles. The molecule has 1 amide bonds. The summed E-state index contributed by atoms with van der Waals surface area (Å²) in [4.78, 5) is 28.0. The molecule has 0 unspecified atom stereocenters. The van der Waals surface area contributed by atoms with Crippen molar-refractivity contribution < 1.29 is 14.3 Å². The second kappa shape index (κ2) is 16.9. The Morgan fingerprint density at radius 1 is 1.06 bits per heavy atom. The summed E-state index contributed by atoms with van der Waals surface area (Å²) in [6, 6.07) is 15.4. The number of nitrogen functional groups attached to an aromatic ring is 1. The molecule has 6 nitrogen and oxygen atoms in total. The third kappa shape index (κ3) is 13.0. The number of nitrogens with one attached hydrogen (secondary N) is 1. The zero-order chi connectivity index (χ0) is 26.1. The number of benzene rings is 2. The molecule has 2 rings (SSSR count). The molecular formula is C29H39N3O3. The van der Waals surface area contributed by atoms with Gasteiger partial charge in [-0.3, -0.25) is 14.6 Å². The standard InChI is InChI=1S/C24H29N3O2.C5H10O/c1-3-5-24(29)27-17-19-8-11-20(12-9-19)23(26-2)15-14-22(28)13-10-18-6-4-7-21(25)16-18;1-4-6-5(2)3/h4,6-9,11-12,14-16H,3,5,10,13,17,25H2,1-2H3,(H,27,29);2,4H2,1,3H3/b15-14-,26-23?;. The smallest absolute Gasteiger partial charge is 0.220 e. The number of ether oxygens (including phenoxy) is 1. The van der Waals surface area contributed by atoms with E-state index in [2.05, 4.69) is 16.9 Å². The third-order valence-electron chi connectivity index (χ3n) is 4.89. The highest BCUT2D eigenvalue weighted by Gasteiger charge is 2.04. The summed E-state index contributed by atoms with van der Waals surface area (Å²) in [6.45, 7) is 10.5. The maximum Gasteiger partial charge on any atom is 0.220 e. The van der Waals surface area contributed by atoms with E-state index < -0.39 is 0 Å². The number of carbonyl (C=O) groups excluding carboxylic acids is 2. The van der Waals surface area contributed by atoms with Crippen LogP contribution in [-0.4, -0.2) is 31.1 Å². The Labute approximate surface area is 210 Å². The average molecular weight is 478 g/mol. The van der Waals surface area contributed by atoms with Crippen LogP contribution in [0.5, 0.6) is 0 Å². The Hall–Kier alpha value is -3.67. The van der Waals surface area contributed by atoms with E-state index in [1.807, 2.05) is 69.3 Å². The van der Waals surface area contributed by atoms with Crippen LogP contribution in [0.25, 0.3) is 0 Å². The van der Waals surface area contributed by atoms with Crippen molar-refractivity contribution in [3.8, 4) is 0 Å². The van der Waals surface area contributed by atoms with Crippen LogP contribution >= 0.6 is 0 Å². The lowest BCUT2D eigenvalue weighted by atomic mass is 10.0. The van der Waals surface area contributed by atoms with E-state index >= 15 is 0 Å². The van der Waals surface area contributed by atoms with Gasteiger partial charge in [0.05, 0.1) is 18.1 Å². The number of hydrogen-bond donors (Lipinski definition) is 2. The Balaban J connectivity index is 0.000000905. The van der Waals surface area contributed by atoms with E-state index in [4.69, 9.17) is 10.5 Å². The lowest BCUT2D eigenvalue weighted by Crippen LogP contribution is -2.22. The zero-order valence-electron chi connectivity index (χ0n) is 21.5. The largest absolute Gasteiger partial charge is 0.499 e. The van der Waals surface area contributed by atoms with Gasteiger partial charge in [-0.15, -0.1) is 0 Å². The van der Waals surface area contributed by atoms with Crippen molar-refractivity contribution in [1.29, 1.82) is 0 Å². The maximum absolute atomic E-state index is 12.2. The zero-order valence-corrected chi connectivity index (χ0v) is 21.5. The minimum atomic E-state index is 0.0452. The summed E-state index contributed by atoms with van der Waals surface area (Å²) in [5.74, 6) is 0.897. The van der Waals surface area contributed by atoms with Gasteiger partial charge in [0, 0.05) is 32.1 Å². The molecule has 0 aromatic heterocycles. The van der Waals surface area contributed by atoms with Crippen molar-refractivity contribution in [1.82, 2.24) is 5.32 Å². The van der Waals surface area contributed by atoms with Crippen LogP contribution < -0.4 is 11.1 Å². The van der Waals surface area contributed by atoms with Crippen molar-refractivity contribution in [2.24, 2.45) is 4.99 Å². The second-order valence-corrected chi connectivity index (χ2v) is 8.01. The van der Waals surface area contributed by atoms with Crippen LogP contribution in [-0.2, 0) is 27.3 Å². The van der Waals surface area contributed by atoms with Gasteiger partial charge in [-0.2, -0.15) is 0 Å². The van der Waals surface area contributed by atoms with E-state index in [0.29, 0.717) is 31.5 Å². The van der Waals surface area contributed by atoms with Gasteiger partial charge in [-0.05, 0) is 67.7 Å². The Morgan fingerprint density at radius 3 is 2.31 bits per heavy atom. The number of nitrogens with zero attached hydrogens (tertiary/aromatic N) is 1. The molecule has 0 aliphatic carbocycles. The van der Waals surface area contributed by atoms with Gasteiger partial charge < -0.3 is 15.8 Å². The Morgan fingerprint density at radius 2 is 1.77 bits per heavy atom. The van der Waals surface area contributed by atoms with Crippen LogP contribution in [0.3, 0.4) is 0 Å². The summed E-state index contributed by atoms with van der Waals surface area (Å²) in [7, 11) is 1.70. The van der Waals surface area contributed by atoms with E-state index in [9.17, 15) is 9.59 Å². The number of amides is 1. The molecule has 0 spiro atoms. The maximum atomic E-state index is 12.2. The number of anilines is 1. The topological polar surface area (TPSA) is 93.8 Å². The molecule has 188 valence electrons. The van der Waals surface area contributed by atoms with Crippen LogP contribution in [0.1, 0.15) is 56.7 Å². The summed E-state index contributed by atoms with van der Waals surface area (Å²) < 4.78 is 4.85. The minimum absolute atomic E-state index is 0.0452. The van der Waals surface area contributed by atoms with Crippen LogP contribution in [0.15, 0.2) is 78.0 Å². The number of hydrogen-bond acceptors (Lipinski definition) is 5. The summed E-state index contributed by atoms with van der Waals surface area (Å²) >= 11 is 0. The van der Waals surface area contributed by atoms with Crippen molar-refractivity contribution >= 4 is 23.1 Å². The molecule has 3 N–H and O–H groups in total. The number of nitrogens with two attached hydrogens (primary N) is 1. The van der Waals surface area contributed by atoms with Gasteiger partial charge in [0.2, 0.25) is 5.91 Å². The van der Waals surface area contributed by atoms with Crippen LogP contribution in [0.4, 0.5) is 5.69 Å². The van der Waals surface area contributed by atoms with E-state index in [1.165, 1.54) is 0 Å². The molecule has 2 aromatic rings. The van der Waals surface area contributed by atoms with Crippen molar-refractivity contribution in [2.75, 3.05) is 19.4 Å². The van der Waals surface area contributed by atoms with Crippen LogP contribution in [0, 0.1) is 0 Å². The Bertz CT molecular complexity index is 1010. The van der Waals surface area contributed by atoms with Gasteiger partial charge >= 0.3 is 0 Å². The normalized spacial score (nSPS) is 10.9.